The molecule has 1 unspecified atom stereocenters. The van der Waals surface area contributed by atoms with Gasteiger partial charge in [0.1, 0.15) is 6.04 Å². The van der Waals surface area contributed by atoms with Gasteiger partial charge >= 0.3 is 0 Å². The third kappa shape index (κ3) is 6.24. The smallest absolute Gasteiger partial charge is 0.243 e. The predicted octanol–water partition coefficient (Wildman–Crippen LogP) is 3.87. The number of rotatable bonds is 8. The van der Waals surface area contributed by atoms with Crippen molar-refractivity contribution in [3.8, 4) is 0 Å². The number of aryl methyl sites for hydroxylation is 1. The van der Waals surface area contributed by atoms with E-state index in [0.29, 0.717) is 13.0 Å². The summed E-state index contributed by atoms with van der Waals surface area (Å²) in [5.74, 6) is -0.131. The summed E-state index contributed by atoms with van der Waals surface area (Å²) in [5, 5.41) is 2.96. The molecule has 0 aromatic heterocycles. The van der Waals surface area contributed by atoms with E-state index in [-0.39, 0.29) is 24.3 Å². The van der Waals surface area contributed by atoms with Crippen molar-refractivity contribution < 1.29 is 9.59 Å². The molecule has 1 atom stereocenters. The van der Waals surface area contributed by atoms with Gasteiger partial charge in [0.15, 0.2) is 0 Å². The zero-order valence-corrected chi connectivity index (χ0v) is 16.7. The van der Waals surface area contributed by atoms with Crippen molar-refractivity contribution >= 4 is 11.8 Å². The number of benzene rings is 2. The molecule has 0 saturated carbocycles. The van der Waals surface area contributed by atoms with Gasteiger partial charge in [-0.3, -0.25) is 9.59 Å². The van der Waals surface area contributed by atoms with Gasteiger partial charge in [0.25, 0.3) is 0 Å². The van der Waals surface area contributed by atoms with Crippen molar-refractivity contribution in [2.75, 3.05) is 0 Å². The summed E-state index contributed by atoms with van der Waals surface area (Å²) in [6, 6.07) is 17.3. The second-order valence-corrected chi connectivity index (χ2v) is 7.26. The van der Waals surface area contributed by atoms with E-state index in [1.165, 1.54) is 5.56 Å². The summed E-state index contributed by atoms with van der Waals surface area (Å²) in [6.07, 6.45) is 0.864. The maximum atomic E-state index is 13.1. The first kappa shape index (κ1) is 20.7. The van der Waals surface area contributed by atoms with Crippen molar-refractivity contribution in [3.63, 3.8) is 0 Å². The third-order valence-corrected chi connectivity index (χ3v) is 4.49. The van der Waals surface area contributed by atoms with Gasteiger partial charge < -0.3 is 10.2 Å². The summed E-state index contributed by atoms with van der Waals surface area (Å²) < 4.78 is 0. The molecule has 1 N–H and O–H groups in total. The van der Waals surface area contributed by atoms with Crippen molar-refractivity contribution in [2.45, 2.75) is 59.2 Å². The molecule has 0 bridgehead atoms. The molecule has 144 valence electrons. The number of carbonyl (C=O) groups excluding carboxylic acids is 2. The topological polar surface area (TPSA) is 49.4 Å². The lowest BCUT2D eigenvalue weighted by Crippen LogP contribution is -2.50. The van der Waals surface area contributed by atoms with E-state index in [4.69, 9.17) is 0 Å². The SMILES string of the molecule is CCC(C(=O)NC(C)C)N(Cc1ccc(C)cc1)C(=O)Cc1ccccc1. The second-order valence-electron chi connectivity index (χ2n) is 7.26. The zero-order chi connectivity index (χ0) is 19.8. The molecule has 2 rings (SSSR count). The van der Waals surface area contributed by atoms with Crippen LogP contribution in [0, 0.1) is 6.92 Å². The number of nitrogens with one attached hydrogen (secondary N) is 1. The van der Waals surface area contributed by atoms with Crippen LogP contribution >= 0.6 is 0 Å². The first-order valence-electron chi connectivity index (χ1n) is 9.60. The van der Waals surface area contributed by atoms with Crippen LogP contribution in [0.15, 0.2) is 54.6 Å². The van der Waals surface area contributed by atoms with E-state index >= 15 is 0 Å². The summed E-state index contributed by atoms with van der Waals surface area (Å²) in [4.78, 5) is 27.6. The predicted molar refractivity (Wildman–Crippen MR) is 109 cm³/mol. The van der Waals surface area contributed by atoms with Crippen LogP contribution in [0.5, 0.6) is 0 Å². The fraction of sp³-hybridized carbons (Fsp3) is 0.391. The third-order valence-electron chi connectivity index (χ3n) is 4.49. The van der Waals surface area contributed by atoms with Crippen LogP contribution in [0.4, 0.5) is 0 Å². The van der Waals surface area contributed by atoms with Crippen LogP contribution in [0.2, 0.25) is 0 Å². The normalized spacial score (nSPS) is 11.9. The van der Waals surface area contributed by atoms with Gasteiger partial charge in [-0.15, -0.1) is 0 Å². The van der Waals surface area contributed by atoms with Gasteiger partial charge in [-0.2, -0.15) is 0 Å². The molecule has 0 radical (unpaired) electrons. The molecule has 2 amide bonds. The Morgan fingerprint density at radius 2 is 1.59 bits per heavy atom. The Balaban J connectivity index is 2.26. The monoisotopic (exact) mass is 366 g/mol. The highest BCUT2D eigenvalue weighted by Gasteiger charge is 2.28. The Hall–Kier alpha value is -2.62. The van der Waals surface area contributed by atoms with Gasteiger partial charge in [-0.1, -0.05) is 67.1 Å². The van der Waals surface area contributed by atoms with Crippen molar-refractivity contribution in [1.29, 1.82) is 0 Å². The van der Waals surface area contributed by atoms with Crippen LogP contribution < -0.4 is 5.32 Å². The minimum Gasteiger partial charge on any atom is -0.352 e. The van der Waals surface area contributed by atoms with Gasteiger partial charge in [0.2, 0.25) is 11.8 Å². The first-order valence-corrected chi connectivity index (χ1v) is 9.60. The molecule has 0 aliphatic heterocycles. The van der Waals surface area contributed by atoms with Gasteiger partial charge in [-0.25, -0.2) is 0 Å². The minimum absolute atomic E-state index is 0.0347. The summed E-state index contributed by atoms with van der Waals surface area (Å²) in [6.45, 7) is 8.27. The van der Waals surface area contributed by atoms with E-state index in [2.05, 4.69) is 5.32 Å². The lowest BCUT2D eigenvalue weighted by molar-refractivity contribution is -0.141. The Morgan fingerprint density at radius 1 is 0.963 bits per heavy atom. The fourth-order valence-electron chi connectivity index (χ4n) is 3.06. The van der Waals surface area contributed by atoms with Crippen molar-refractivity contribution in [1.82, 2.24) is 10.2 Å². The lowest BCUT2D eigenvalue weighted by atomic mass is 10.1. The molecule has 4 nitrogen and oxygen atoms in total. The van der Waals surface area contributed by atoms with Crippen molar-refractivity contribution in [3.05, 3.63) is 71.3 Å². The highest BCUT2D eigenvalue weighted by Crippen LogP contribution is 2.15. The molecule has 0 spiro atoms. The largest absolute Gasteiger partial charge is 0.352 e. The average molecular weight is 367 g/mol. The molecule has 0 heterocycles. The number of hydrogen-bond donors (Lipinski definition) is 1. The maximum Gasteiger partial charge on any atom is 0.243 e. The second kappa shape index (κ2) is 9.91. The van der Waals surface area contributed by atoms with Gasteiger partial charge in [-0.05, 0) is 38.3 Å². The molecule has 27 heavy (non-hydrogen) atoms. The molecule has 0 aliphatic carbocycles. The quantitative estimate of drug-likeness (QED) is 0.771. The average Bonchev–Trinajstić information content (AvgIpc) is 2.63. The minimum atomic E-state index is -0.482. The number of nitrogens with zero attached hydrogens (tertiary/aromatic N) is 1. The summed E-state index contributed by atoms with van der Waals surface area (Å²) in [7, 11) is 0. The molecule has 4 heteroatoms. The fourth-order valence-corrected chi connectivity index (χ4v) is 3.06. The highest BCUT2D eigenvalue weighted by molar-refractivity contribution is 5.88. The van der Waals surface area contributed by atoms with Crippen LogP contribution in [-0.2, 0) is 22.6 Å². The lowest BCUT2D eigenvalue weighted by Gasteiger charge is -2.31. The highest BCUT2D eigenvalue weighted by atomic mass is 16.2. The molecule has 2 aromatic rings. The maximum absolute atomic E-state index is 13.1. The van der Waals surface area contributed by atoms with Crippen LogP contribution in [-0.4, -0.2) is 28.8 Å². The molecule has 0 saturated heterocycles. The first-order chi connectivity index (χ1) is 12.9. The molecular weight excluding hydrogens is 336 g/mol. The van der Waals surface area contributed by atoms with Crippen LogP contribution in [0.3, 0.4) is 0 Å². The molecular formula is C23H30N2O2. The van der Waals surface area contributed by atoms with Gasteiger partial charge in [0.05, 0.1) is 6.42 Å². The van der Waals surface area contributed by atoms with E-state index in [0.717, 1.165) is 11.1 Å². The van der Waals surface area contributed by atoms with Crippen molar-refractivity contribution in [2.24, 2.45) is 0 Å². The number of amides is 2. The Morgan fingerprint density at radius 3 is 2.15 bits per heavy atom. The summed E-state index contributed by atoms with van der Waals surface area (Å²) >= 11 is 0. The number of hydrogen-bond acceptors (Lipinski definition) is 2. The zero-order valence-electron chi connectivity index (χ0n) is 16.7. The van der Waals surface area contributed by atoms with Crippen LogP contribution in [0.25, 0.3) is 0 Å². The number of carbonyl (C=O) groups is 2. The summed E-state index contributed by atoms with van der Waals surface area (Å²) in [5.41, 5.74) is 3.15. The Kier molecular flexibility index (Phi) is 7.59. The molecule has 0 aliphatic rings. The van der Waals surface area contributed by atoms with Gasteiger partial charge in [0, 0.05) is 12.6 Å². The Labute approximate surface area is 162 Å². The standard InChI is InChI=1S/C23H30N2O2/c1-5-21(23(27)24-17(2)3)25(16-20-13-11-18(4)12-14-20)22(26)15-19-9-7-6-8-10-19/h6-14,17,21H,5,15-16H2,1-4H3,(H,24,27). The van der Waals surface area contributed by atoms with E-state index in [1.54, 1.807) is 4.90 Å². The van der Waals surface area contributed by atoms with E-state index in [1.807, 2.05) is 82.3 Å². The molecule has 0 fully saturated rings. The Bertz CT molecular complexity index is 739. The van der Waals surface area contributed by atoms with Crippen LogP contribution in [0.1, 0.15) is 43.9 Å². The van der Waals surface area contributed by atoms with E-state index in [9.17, 15) is 9.59 Å². The molecule has 2 aromatic carbocycles. The van der Waals surface area contributed by atoms with E-state index < -0.39 is 6.04 Å².